The van der Waals surface area contributed by atoms with Crippen molar-refractivity contribution in [1.82, 2.24) is 0 Å². The van der Waals surface area contributed by atoms with Gasteiger partial charge in [0.05, 0.1) is 0 Å². The molecule has 0 unspecified atom stereocenters. The summed E-state index contributed by atoms with van der Waals surface area (Å²) in [6.45, 7) is 0. The number of hydrogen-bond donors (Lipinski definition) is 0. The van der Waals surface area contributed by atoms with Gasteiger partial charge in [-0.15, -0.1) is 0 Å². The molecule has 6 heteroatoms. The third-order valence-corrected chi connectivity index (χ3v) is 0. The van der Waals surface area contributed by atoms with Gasteiger partial charge in [0, 0.05) is 27.3 Å². The Kier molecular flexibility index (Phi) is 5.20. The topological polar surface area (TPSA) is 86.2 Å². The van der Waals surface area contributed by atoms with E-state index in [-0.39, 0.29) is 27.3 Å². The first-order valence-corrected chi connectivity index (χ1v) is 2.19. The summed E-state index contributed by atoms with van der Waals surface area (Å²) < 4.78 is 8.55. The summed E-state index contributed by atoms with van der Waals surface area (Å²) >= 11 is 0. The summed E-state index contributed by atoms with van der Waals surface area (Å²) in [7, 11) is -5.39. The molecule has 0 aliphatic rings. The summed E-state index contributed by atoms with van der Waals surface area (Å²) in [6, 6.07) is 0. The number of phosphoric acid groups is 1. The number of hydrogen-bond acceptors (Lipinski definition) is 4. The van der Waals surface area contributed by atoms with Crippen LogP contribution in [0.2, 0.25) is 0 Å². The smallest absolute Gasteiger partial charge is 0 e. The van der Waals surface area contributed by atoms with Crippen LogP contribution in [0.15, 0.2) is 0 Å². The van der Waals surface area contributed by atoms with Gasteiger partial charge in [-0.1, -0.05) is 0 Å². The van der Waals surface area contributed by atoms with Crippen molar-refractivity contribution in [2.75, 3.05) is 0 Å². The van der Waals surface area contributed by atoms with Gasteiger partial charge in [0.2, 0.25) is 0 Å². The van der Waals surface area contributed by atoms with Crippen LogP contribution in [0.1, 0.15) is 0 Å². The Balaban J connectivity index is 0. The summed E-state index contributed by atoms with van der Waals surface area (Å²) in [6.07, 6.45) is 0. The van der Waals surface area contributed by atoms with Gasteiger partial charge in [-0.2, -0.15) is 7.82 Å². The zero-order valence-electron chi connectivity index (χ0n) is 2.58. The SMILES string of the molecule is O=P([O-])([O-])[O-].[Pb]. The van der Waals surface area contributed by atoms with Crippen LogP contribution < -0.4 is 14.7 Å². The van der Waals surface area contributed by atoms with Crippen LogP contribution in [0.25, 0.3) is 0 Å². The van der Waals surface area contributed by atoms with Crippen molar-refractivity contribution in [1.29, 1.82) is 0 Å². The fourth-order valence-electron chi connectivity index (χ4n) is 0. The van der Waals surface area contributed by atoms with E-state index >= 15 is 0 Å². The minimum atomic E-state index is -5.39. The van der Waals surface area contributed by atoms with Crippen LogP contribution in [-0.4, -0.2) is 27.3 Å². The van der Waals surface area contributed by atoms with Crippen molar-refractivity contribution in [2.45, 2.75) is 0 Å². The molecule has 6 heavy (non-hydrogen) atoms. The van der Waals surface area contributed by atoms with Crippen molar-refractivity contribution in [3.63, 3.8) is 0 Å². The van der Waals surface area contributed by atoms with E-state index in [9.17, 15) is 0 Å². The van der Waals surface area contributed by atoms with E-state index < -0.39 is 7.82 Å². The predicted octanol–water partition coefficient (Wildman–Crippen LogP) is -3.21. The van der Waals surface area contributed by atoms with Crippen LogP contribution in [-0.2, 0) is 4.57 Å². The second-order valence-electron chi connectivity index (χ2n) is 0.447. The van der Waals surface area contributed by atoms with Crippen LogP contribution in [0.5, 0.6) is 0 Å². The Hall–Kier alpha value is 1.03. The third kappa shape index (κ3) is 76.8. The molecule has 0 N–H and O–H groups in total. The summed E-state index contributed by atoms with van der Waals surface area (Å²) in [5.74, 6) is 0. The molecule has 0 heterocycles. The van der Waals surface area contributed by atoms with Crippen molar-refractivity contribution in [2.24, 2.45) is 0 Å². The van der Waals surface area contributed by atoms with Gasteiger partial charge in [-0.25, -0.2) is 0 Å². The molecule has 0 bridgehead atoms. The monoisotopic (exact) mass is 303 g/mol. The molecule has 0 saturated carbocycles. The zero-order valence-corrected chi connectivity index (χ0v) is 7.36. The first-order chi connectivity index (χ1) is 2.00. The van der Waals surface area contributed by atoms with Crippen molar-refractivity contribution in [3.8, 4) is 0 Å². The Morgan fingerprint density at radius 1 is 1.17 bits per heavy atom. The third-order valence-electron chi connectivity index (χ3n) is 0. The molecule has 0 fully saturated rings. The molecule has 0 spiro atoms. The first kappa shape index (κ1) is 10.1. The fraction of sp³-hybridized carbons (Fsp3) is 0. The van der Waals surface area contributed by atoms with Gasteiger partial charge in [0.15, 0.2) is 0 Å². The molecule has 4 nitrogen and oxygen atoms in total. The molecule has 0 aromatic carbocycles. The molecule has 0 aromatic heterocycles. The van der Waals surface area contributed by atoms with E-state index in [1.165, 1.54) is 0 Å². The Morgan fingerprint density at radius 3 is 1.17 bits per heavy atom. The maximum absolute atomic E-state index is 8.55. The average Bonchev–Trinajstić information content (AvgIpc) is 0.722. The van der Waals surface area contributed by atoms with Gasteiger partial charge < -0.3 is 19.2 Å². The summed E-state index contributed by atoms with van der Waals surface area (Å²) in [5, 5.41) is 0. The molecule has 0 atom stereocenters. The second-order valence-corrected chi connectivity index (χ2v) is 1.34. The largest absolute Gasteiger partial charge is 0.822 e. The van der Waals surface area contributed by atoms with Crippen LogP contribution in [0.4, 0.5) is 0 Å². The van der Waals surface area contributed by atoms with Crippen LogP contribution in [0, 0.1) is 0 Å². The van der Waals surface area contributed by atoms with Gasteiger partial charge in [-0.05, 0) is 0 Å². The molecule has 0 rings (SSSR count). The normalized spacial score (nSPS) is 9.83. The molecule has 4 radical (unpaired) electrons. The van der Waals surface area contributed by atoms with Gasteiger partial charge in [0.1, 0.15) is 0 Å². The van der Waals surface area contributed by atoms with E-state index in [2.05, 4.69) is 0 Å². The van der Waals surface area contributed by atoms with E-state index in [0.29, 0.717) is 0 Å². The molecule has 0 aliphatic carbocycles. The Labute approximate surface area is 54.6 Å². The first-order valence-electron chi connectivity index (χ1n) is 0.730. The van der Waals surface area contributed by atoms with Crippen LogP contribution >= 0.6 is 7.82 Å². The van der Waals surface area contributed by atoms with E-state index in [1.54, 1.807) is 0 Å². The van der Waals surface area contributed by atoms with Crippen LogP contribution in [0.3, 0.4) is 0 Å². The molecule has 0 saturated heterocycles. The number of rotatable bonds is 0. The predicted molar refractivity (Wildman–Crippen MR) is 13.4 cm³/mol. The van der Waals surface area contributed by atoms with E-state index in [1.807, 2.05) is 0 Å². The molecule has 36 valence electrons. The molecular formula is O4PPb-3. The maximum atomic E-state index is 8.55. The Morgan fingerprint density at radius 2 is 1.17 bits per heavy atom. The second kappa shape index (κ2) is 3.09. The maximum Gasteiger partial charge on any atom is 0 e. The average molecular weight is 302 g/mol. The molecule has 0 amide bonds. The molecule has 0 aliphatic heterocycles. The Bertz CT molecular complexity index is 53.7. The van der Waals surface area contributed by atoms with Gasteiger partial charge >= 0.3 is 0 Å². The molecule has 0 aromatic rings. The minimum Gasteiger partial charge on any atom is -0.822 e. The van der Waals surface area contributed by atoms with E-state index in [0.717, 1.165) is 0 Å². The van der Waals surface area contributed by atoms with Gasteiger partial charge in [-0.3, -0.25) is 0 Å². The summed E-state index contributed by atoms with van der Waals surface area (Å²) in [5.41, 5.74) is 0. The quantitative estimate of drug-likeness (QED) is 0.348. The zero-order chi connectivity index (χ0) is 4.50. The van der Waals surface area contributed by atoms with Crippen molar-refractivity contribution >= 4 is 35.1 Å². The molecular weight excluding hydrogens is 302 g/mol. The van der Waals surface area contributed by atoms with E-state index in [4.69, 9.17) is 19.2 Å². The standard InChI is InChI=1S/H3O4P.Pb/c1-5(2,3)4;/h(H3,1,2,3,4);/p-3. The fourth-order valence-corrected chi connectivity index (χ4v) is 0. The minimum absolute atomic E-state index is 0. The van der Waals surface area contributed by atoms with Crippen molar-refractivity contribution in [3.05, 3.63) is 0 Å². The van der Waals surface area contributed by atoms with Crippen molar-refractivity contribution < 1.29 is 19.2 Å². The summed E-state index contributed by atoms with van der Waals surface area (Å²) in [4.78, 5) is 25.6. The van der Waals surface area contributed by atoms with Gasteiger partial charge in [0.25, 0.3) is 0 Å².